The molecule has 0 saturated carbocycles. The number of benzene rings is 1. The lowest BCUT2D eigenvalue weighted by Crippen LogP contribution is -2.33. The van der Waals surface area contributed by atoms with Gasteiger partial charge in [-0.25, -0.2) is 0 Å². The molecule has 1 rings (SSSR count). The van der Waals surface area contributed by atoms with Crippen LogP contribution in [0.4, 0.5) is 17.6 Å². The van der Waals surface area contributed by atoms with Gasteiger partial charge in [0.25, 0.3) is 0 Å². The van der Waals surface area contributed by atoms with Crippen LogP contribution in [-0.2, 0) is 0 Å². The molecule has 96 valence electrons. The molecule has 0 saturated heterocycles. The maximum Gasteiger partial charge on any atom is 0.461 e. The topological polar surface area (TPSA) is 49.7 Å². The van der Waals surface area contributed by atoms with Crippen LogP contribution >= 0.6 is 11.6 Å². The van der Waals surface area contributed by atoms with E-state index in [0.29, 0.717) is 0 Å². The van der Waals surface area contributed by atoms with Gasteiger partial charge < -0.3 is 14.9 Å². The van der Waals surface area contributed by atoms with Crippen molar-refractivity contribution in [3.05, 3.63) is 28.8 Å². The molecule has 0 aliphatic rings. The highest BCUT2D eigenvalue weighted by molar-refractivity contribution is 6.30. The average molecular weight is 275 g/mol. The van der Waals surface area contributed by atoms with Gasteiger partial charge in [0, 0.05) is 10.6 Å². The summed E-state index contributed by atoms with van der Waals surface area (Å²) in [4.78, 5) is 0. The summed E-state index contributed by atoms with van der Waals surface area (Å²) in [7, 11) is 0. The van der Waals surface area contributed by atoms with Crippen LogP contribution in [0.2, 0.25) is 5.02 Å². The molecule has 2 N–H and O–H groups in total. The van der Waals surface area contributed by atoms with Crippen LogP contribution in [0.3, 0.4) is 0 Å². The number of halogens is 5. The van der Waals surface area contributed by atoms with Crippen molar-refractivity contribution in [2.45, 2.75) is 18.8 Å². The molecule has 0 unspecified atom stereocenters. The van der Waals surface area contributed by atoms with Crippen LogP contribution in [0.25, 0.3) is 0 Å². The largest absolute Gasteiger partial charge is 0.461 e. The van der Waals surface area contributed by atoms with Crippen molar-refractivity contribution in [2.24, 2.45) is 0 Å². The van der Waals surface area contributed by atoms with E-state index >= 15 is 0 Å². The van der Waals surface area contributed by atoms with E-state index in [9.17, 15) is 17.6 Å². The molecule has 0 radical (unpaired) electrons. The Bertz CT molecular complexity index is 398. The van der Waals surface area contributed by atoms with Gasteiger partial charge in [-0.2, -0.15) is 17.6 Å². The Hall–Kier alpha value is -1.05. The van der Waals surface area contributed by atoms with Crippen molar-refractivity contribution in [3.63, 3.8) is 0 Å². The molecule has 0 aliphatic carbocycles. The summed E-state index contributed by atoms with van der Waals surface area (Å²) in [6.07, 6.45) is -10.7. The van der Waals surface area contributed by atoms with Crippen molar-refractivity contribution in [1.29, 1.82) is 0 Å². The fraction of sp³-hybridized carbons (Fsp3) is 0.333. The lowest BCUT2D eigenvalue weighted by molar-refractivity contribution is -0.253. The second-order valence-electron chi connectivity index (χ2n) is 3.06. The molecule has 0 fully saturated rings. The van der Waals surface area contributed by atoms with E-state index in [0.717, 1.165) is 18.2 Å². The quantitative estimate of drug-likeness (QED) is 0.655. The van der Waals surface area contributed by atoms with Gasteiger partial charge in [0.1, 0.15) is 5.75 Å². The fourth-order valence-electron chi connectivity index (χ4n) is 0.994. The molecule has 17 heavy (non-hydrogen) atoms. The molecule has 0 aromatic heterocycles. The van der Waals surface area contributed by atoms with Crippen molar-refractivity contribution < 1.29 is 32.5 Å². The predicted molar refractivity (Wildman–Crippen MR) is 50.2 cm³/mol. The first-order valence-corrected chi connectivity index (χ1v) is 4.62. The van der Waals surface area contributed by atoms with E-state index in [1.807, 2.05) is 0 Å². The van der Waals surface area contributed by atoms with Gasteiger partial charge in [0.05, 0.1) is 0 Å². The van der Waals surface area contributed by atoms with Gasteiger partial charge in [0.15, 0.2) is 6.29 Å². The third-order valence-corrected chi connectivity index (χ3v) is 1.92. The SMILES string of the molecule is OC(O)c1cc(Cl)cc(OC(F)(F)C(F)F)c1. The molecule has 8 heteroatoms. The van der Waals surface area contributed by atoms with E-state index in [1.165, 1.54) is 0 Å². The van der Waals surface area contributed by atoms with Crippen LogP contribution in [0.15, 0.2) is 18.2 Å². The number of alkyl halides is 4. The molecule has 1 aromatic carbocycles. The van der Waals surface area contributed by atoms with Crippen LogP contribution in [0.5, 0.6) is 5.75 Å². The van der Waals surface area contributed by atoms with E-state index in [-0.39, 0.29) is 10.6 Å². The highest BCUT2D eigenvalue weighted by atomic mass is 35.5. The predicted octanol–water partition coefficient (Wildman–Crippen LogP) is 2.56. The van der Waals surface area contributed by atoms with E-state index in [2.05, 4.69) is 4.74 Å². The van der Waals surface area contributed by atoms with Crippen molar-refractivity contribution in [1.82, 2.24) is 0 Å². The van der Waals surface area contributed by atoms with Crippen molar-refractivity contribution in [2.75, 3.05) is 0 Å². The first-order chi connectivity index (χ1) is 7.72. The van der Waals surface area contributed by atoms with Gasteiger partial charge in [-0.3, -0.25) is 0 Å². The highest BCUT2D eigenvalue weighted by Crippen LogP contribution is 2.31. The molecule has 0 atom stereocenters. The number of aliphatic hydroxyl groups excluding tert-OH is 1. The summed E-state index contributed by atoms with van der Waals surface area (Å²) < 4.78 is 52.6. The Labute approximate surface area is 98.2 Å². The summed E-state index contributed by atoms with van der Waals surface area (Å²) in [5.74, 6) is -0.689. The molecule has 0 aliphatic heterocycles. The zero-order chi connectivity index (χ0) is 13.2. The molecular weight excluding hydrogens is 268 g/mol. The Balaban J connectivity index is 2.99. The van der Waals surface area contributed by atoms with Crippen molar-refractivity contribution in [3.8, 4) is 5.75 Å². The first kappa shape index (κ1) is 14.0. The third-order valence-electron chi connectivity index (χ3n) is 1.70. The summed E-state index contributed by atoms with van der Waals surface area (Å²) in [5.41, 5.74) is -0.252. The summed E-state index contributed by atoms with van der Waals surface area (Å²) >= 11 is 5.47. The molecule has 0 spiro atoms. The molecule has 0 bridgehead atoms. The maximum atomic E-state index is 12.6. The van der Waals surface area contributed by atoms with Gasteiger partial charge >= 0.3 is 12.5 Å². The summed E-state index contributed by atoms with van der Waals surface area (Å²) in [6, 6.07) is 2.69. The third kappa shape index (κ3) is 3.72. The molecule has 1 aromatic rings. The standard InChI is InChI=1S/C9H7ClF4O3/c10-5-1-4(7(15)16)2-6(3-5)17-9(13,14)8(11)12/h1-3,7-8,15-16H. The fourth-order valence-corrected chi connectivity index (χ4v) is 1.23. The second-order valence-corrected chi connectivity index (χ2v) is 3.49. The Morgan fingerprint density at radius 2 is 1.76 bits per heavy atom. The van der Waals surface area contributed by atoms with Gasteiger partial charge in [0.2, 0.25) is 0 Å². The van der Waals surface area contributed by atoms with Gasteiger partial charge in [-0.15, -0.1) is 0 Å². The normalized spacial score (nSPS) is 12.3. The second kappa shape index (κ2) is 5.07. The summed E-state index contributed by atoms with van der Waals surface area (Å²) in [5, 5.41) is 17.4. The minimum absolute atomic E-state index is 0.157. The number of ether oxygens (including phenoxy) is 1. The Morgan fingerprint density at radius 3 is 2.24 bits per heavy atom. The minimum Gasteiger partial charge on any atom is -0.428 e. The molecule has 0 amide bonds. The monoisotopic (exact) mass is 274 g/mol. The lowest BCUT2D eigenvalue weighted by Gasteiger charge is -2.17. The molecular formula is C9H7ClF4O3. The van der Waals surface area contributed by atoms with Crippen LogP contribution < -0.4 is 4.74 Å². The highest BCUT2D eigenvalue weighted by Gasteiger charge is 2.44. The lowest BCUT2D eigenvalue weighted by atomic mass is 10.2. The van der Waals surface area contributed by atoms with E-state index in [4.69, 9.17) is 21.8 Å². The molecule has 0 heterocycles. The van der Waals surface area contributed by atoms with Crippen molar-refractivity contribution >= 4 is 11.6 Å². The van der Waals surface area contributed by atoms with Crippen LogP contribution in [-0.4, -0.2) is 22.7 Å². The van der Waals surface area contributed by atoms with E-state index in [1.54, 1.807) is 0 Å². The number of hydrogen-bond donors (Lipinski definition) is 2. The zero-order valence-corrected chi connectivity index (χ0v) is 8.84. The Morgan fingerprint density at radius 1 is 1.18 bits per heavy atom. The number of aliphatic hydroxyl groups is 2. The minimum atomic E-state index is -4.68. The smallest absolute Gasteiger partial charge is 0.428 e. The summed E-state index contributed by atoms with van der Waals surface area (Å²) in [6.45, 7) is 0. The van der Waals surface area contributed by atoms with Crippen LogP contribution in [0.1, 0.15) is 11.9 Å². The average Bonchev–Trinajstić information content (AvgIpc) is 2.15. The van der Waals surface area contributed by atoms with E-state index < -0.39 is 24.6 Å². The maximum absolute atomic E-state index is 12.6. The van der Waals surface area contributed by atoms with Crippen LogP contribution in [0, 0.1) is 0 Å². The number of rotatable bonds is 4. The van der Waals surface area contributed by atoms with Gasteiger partial charge in [-0.05, 0) is 18.2 Å². The molecule has 3 nitrogen and oxygen atoms in total. The van der Waals surface area contributed by atoms with Gasteiger partial charge in [-0.1, -0.05) is 11.6 Å². The Kier molecular flexibility index (Phi) is 4.18. The zero-order valence-electron chi connectivity index (χ0n) is 8.08. The first-order valence-electron chi connectivity index (χ1n) is 4.24. The number of hydrogen-bond acceptors (Lipinski definition) is 3.